The number of carbonyl (C=O) groups excluding carboxylic acids is 2. The molecule has 0 aliphatic rings. The highest BCUT2D eigenvalue weighted by atomic mass is 16.5. The van der Waals surface area contributed by atoms with Crippen LogP contribution in [0.15, 0.2) is 42.5 Å². The summed E-state index contributed by atoms with van der Waals surface area (Å²) in [5, 5.41) is 0. The Labute approximate surface area is 145 Å². The van der Waals surface area contributed by atoms with Gasteiger partial charge in [-0.25, -0.2) is 0 Å². The van der Waals surface area contributed by atoms with Gasteiger partial charge in [-0.3, -0.25) is 20.4 Å². The molecule has 7 nitrogen and oxygen atoms in total. The minimum atomic E-state index is -0.487. The largest absolute Gasteiger partial charge is 0.497 e. The quantitative estimate of drug-likeness (QED) is 0.782. The van der Waals surface area contributed by atoms with Crippen LogP contribution < -0.4 is 20.3 Å². The maximum atomic E-state index is 12.2. The second-order valence-corrected chi connectivity index (χ2v) is 5.14. The number of carbonyl (C=O) groups is 2. The van der Waals surface area contributed by atoms with Gasteiger partial charge in [-0.2, -0.15) is 0 Å². The summed E-state index contributed by atoms with van der Waals surface area (Å²) in [6.07, 6.45) is 0. The van der Waals surface area contributed by atoms with E-state index < -0.39 is 11.8 Å². The highest BCUT2D eigenvalue weighted by Gasteiger charge is 2.12. The van der Waals surface area contributed by atoms with E-state index in [0.717, 1.165) is 5.56 Å². The van der Waals surface area contributed by atoms with Crippen LogP contribution in [0.5, 0.6) is 11.5 Å². The molecule has 0 atom stereocenters. The standard InChI is InChI=1S/C18H20N2O5/c1-23-11-12-5-4-6-13(7-12)17(21)19-20-18(22)14-8-15(24-2)10-16(9-14)25-3/h4-10H,11H2,1-3H3,(H,19,21)(H,20,22). The molecular formula is C18H20N2O5. The van der Waals surface area contributed by atoms with E-state index in [2.05, 4.69) is 10.9 Å². The molecule has 0 fully saturated rings. The van der Waals surface area contributed by atoms with E-state index in [4.69, 9.17) is 14.2 Å². The lowest BCUT2D eigenvalue weighted by Gasteiger charge is -2.10. The molecule has 0 aliphatic carbocycles. The van der Waals surface area contributed by atoms with Crippen molar-refractivity contribution in [1.82, 2.24) is 10.9 Å². The van der Waals surface area contributed by atoms with Crippen molar-refractivity contribution in [2.24, 2.45) is 0 Å². The Kier molecular flexibility index (Phi) is 6.36. The summed E-state index contributed by atoms with van der Waals surface area (Å²) < 4.78 is 15.3. The number of ether oxygens (including phenoxy) is 3. The fourth-order valence-corrected chi connectivity index (χ4v) is 2.17. The third kappa shape index (κ3) is 4.95. The Morgan fingerprint density at radius 1 is 0.840 bits per heavy atom. The van der Waals surface area contributed by atoms with Crippen LogP contribution >= 0.6 is 0 Å². The van der Waals surface area contributed by atoms with Crippen molar-refractivity contribution < 1.29 is 23.8 Å². The van der Waals surface area contributed by atoms with Crippen LogP contribution in [0.3, 0.4) is 0 Å². The summed E-state index contributed by atoms with van der Waals surface area (Å²) in [7, 11) is 4.56. The molecule has 0 unspecified atom stereocenters. The van der Waals surface area contributed by atoms with Gasteiger partial charge >= 0.3 is 0 Å². The number of amides is 2. The van der Waals surface area contributed by atoms with Crippen molar-refractivity contribution in [2.75, 3.05) is 21.3 Å². The zero-order valence-corrected chi connectivity index (χ0v) is 14.3. The lowest BCUT2D eigenvalue weighted by atomic mass is 10.1. The number of methoxy groups -OCH3 is 3. The van der Waals surface area contributed by atoms with E-state index in [9.17, 15) is 9.59 Å². The molecule has 0 radical (unpaired) electrons. The topological polar surface area (TPSA) is 85.9 Å². The van der Waals surface area contributed by atoms with Crippen LogP contribution in [0, 0.1) is 0 Å². The molecule has 0 saturated carbocycles. The molecule has 0 aliphatic heterocycles. The van der Waals surface area contributed by atoms with Crippen molar-refractivity contribution in [3.63, 3.8) is 0 Å². The van der Waals surface area contributed by atoms with Gasteiger partial charge in [0.25, 0.3) is 11.8 Å². The van der Waals surface area contributed by atoms with E-state index in [0.29, 0.717) is 29.2 Å². The monoisotopic (exact) mass is 344 g/mol. The summed E-state index contributed by atoms with van der Waals surface area (Å²) in [5.74, 6) is 0.0333. The van der Waals surface area contributed by atoms with Gasteiger partial charge in [-0.05, 0) is 29.8 Å². The van der Waals surface area contributed by atoms with Crippen molar-refractivity contribution in [2.45, 2.75) is 6.61 Å². The van der Waals surface area contributed by atoms with Crippen molar-refractivity contribution in [3.8, 4) is 11.5 Å². The fourth-order valence-electron chi connectivity index (χ4n) is 2.17. The Bertz CT molecular complexity index is 739. The second-order valence-electron chi connectivity index (χ2n) is 5.14. The van der Waals surface area contributed by atoms with E-state index in [-0.39, 0.29) is 0 Å². The number of hydrazine groups is 1. The lowest BCUT2D eigenvalue weighted by molar-refractivity contribution is 0.0846. The Balaban J connectivity index is 2.04. The first-order chi connectivity index (χ1) is 12.1. The van der Waals surface area contributed by atoms with Gasteiger partial charge in [-0.1, -0.05) is 12.1 Å². The molecular weight excluding hydrogens is 324 g/mol. The predicted octanol–water partition coefficient (Wildman–Crippen LogP) is 1.93. The first-order valence-corrected chi connectivity index (χ1v) is 7.49. The summed E-state index contributed by atoms with van der Waals surface area (Å²) in [4.78, 5) is 24.4. The number of benzene rings is 2. The number of rotatable bonds is 6. The number of hydrogen-bond donors (Lipinski definition) is 2. The molecule has 0 heterocycles. The maximum Gasteiger partial charge on any atom is 0.269 e. The molecule has 0 spiro atoms. The number of hydrogen-bond acceptors (Lipinski definition) is 5. The smallest absolute Gasteiger partial charge is 0.269 e. The van der Waals surface area contributed by atoms with E-state index in [1.54, 1.807) is 43.5 Å². The summed E-state index contributed by atoms with van der Waals surface area (Å²) in [5.41, 5.74) is 6.32. The molecule has 2 N–H and O–H groups in total. The molecule has 2 amide bonds. The highest BCUT2D eigenvalue weighted by molar-refractivity contribution is 5.99. The van der Waals surface area contributed by atoms with Crippen LogP contribution in [0.2, 0.25) is 0 Å². The third-order valence-corrected chi connectivity index (χ3v) is 3.40. The van der Waals surface area contributed by atoms with Gasteiger partial charge in [0, 0.05) is 24.3 Å². The molecule has 25 heavy (non-hydrogen) atoms. The van der Waals surface area contributed by atoms with Gasteiger partial charge in [0.15, 0.2) is 0 Å². The van der Waals surface area contributed by atoms with Crippen molar-refractivity contribution >= 4 is 11.8 Å². The minimum Gasteiger partial charge on any atom is -0.497 e. The van der Waals surface area contributed by atoms with Crippen molar-refractivity contribution in [1.29, 1.82) is 0 Å². The molecule has 0 saturated heterocycles. The SMILES string of the molecule is COCc1cccc(C(=O)NNC(=O)c2cc(OC)cc(OC)c2)c1. The first-order valence-electron chi connectivity index (χ1n) is 7.49. The molecule has 2 rings (SSSR count). The average molecular weight is 344 g/mol. The zero-order chi connectivity index (χ0) is 18.2. The van der Waals surface area contributed by atoms with Gasteiger partial charge < -0.3 is 14.2 Å². The zero-order valence-electron chi connectivity index (χ0n) is 14.3. The Hall–Kier alpha value is -3.06. The van der Waals surface area contributed by atoms with Crippen LogP contribution in [0.4, 0.5) is 0 Å². The summed E-state index contributed by atoms with van der Waals surface area (Å²) in [6.45, 7) is 0.400. The molecule has 0 aromatic heterocycles. The lowest BCUT2D eigenvalue weighted by Crippen LogP contribution is -2.41. The second kappa shape index (κ2) is 8.70. The maximum absolute atomic E-state index is 12.2. The van der Waals surface area contributed by atoms with Gasteiger partial charge in [0.1, 0.15) is 11.5 Å². The van der Waals surface area contributed by atoms with E-state index in [1.807, 2.05) is 6.07 Å². The van der Waals surface area contributed by atoms with Gasteiger partial charge in [0.2, 0.25) is 0 Å². The highest BCUT2D eigenvalue weighted by Crippen LogP contribution is 2.22. The normalized spacial score (nSPS) is 10.0. The average Bonchev–Trinajstić information content (AvgIpc) is 2.65. The van der Waals surface area contributed by atoms with Gasteiger partial charge in [0.05, 0.1) is 20.8 Å². The summed E-state index contributed by atoms with van der Waals surface area (Å²) >= 11 is 0. The Morgan fingerprint density at radius 3 is 2.00 bits per heavy atom. The molecule has 2 aromatic rings. The Morgan fingerprint density at radius 2 is 1.44 bits per heavy atom. The first kappa shape index (κ1) is 18.3. The van der Waals surface area contributed by atoms with Crippen LogP contribution in [0.1, 0.15) is 26.3 Å². The van der Waals surface area contributed by atoms with E-state index >= 15 is 0 Å². The fraction of sp³-hybridized carbons (Fsp3) is 0.222. The van der Waals surface area contributed by atoms with E-state index in [1.165, 1.54) is 14.2 Å². The minimum absolute atomic E-state index is 0.296. The predicted molar refractivity (Wildman–Crippen MR) is 91.6 cm³/mol. The van der Waals surface area contributed by atoms with Crippen molar-refractivity contribution in [3.05, 3.63) is 59.2 Å². The van der Waals surface area contributed by atoms with Crippen LogP contribution in [-0.2, 0) is 11.3 Å². The number of nitrogens with one attached hydrogen (secondary N) is 2. The summed E-state index contributed by atoms with van der Waals surface area (Å²) in [6, 6.07) is 11.7. The van der Waals surface area contributed by atoms with Crippen LogP contribution in [0.25, 0.3) is 0 Å². The third-order valence-electron chi connectivity index (χ3n) is 3.40. The molecule has 7 heteroatoms. The van der Waals surface area contributed by atoms with Crippen LogP contribution in [-0.4, -0.2) is 33.1 Å². The molecule has 0 bridgehead atoms. The molecule has 2 aromatic carbocycles. The van der Waals surface area contributed by atoms with Gasteiger partial charge in [-0.15, -0.1) is 0 Å². The molecule has 132 valence electrons.